The van der Waals surface area contributed by atoms with Crippen molar-refractivity contribution in [1.29, 1.82) is 0 Å². The molecule has 0 aromatic rings. The topological polar surface area (TPSA) is 0 Å². The van der Waals surface area contributed by atoms with E-state index in [9.17, 15) is 39.5 Å². The average molecular weight is 358 g/mol. The van der Waals surface area contributed by atoms with Gasteiger partial charge in [-0.3, -0.25) is 0 Å². The molecule has 0 aromatic heterocycles. The molecule has 0 unspecified atom stereocenters. The van der Waals surface area contributed by atoms with Gasteiger partial charge in [0.05, 0.1) is 0 Å². The van der Waals surface area contributed by atoms with Crippen molar-refractivity contribution in [2.45, 2.75) is 18.5 Å². The molecule has 0 atom stereocenters. The van der Waals surface area contributed by atoms with E-state index in [0.717, 1.165) is 0 Å². The molecule has 0 fully saturated rings. The molecule has 0 amide bonds. The number of allylic oxidation sites excluding steroid dienone is 2. The van der Waals surface area contributed by atoms with E-state index in [4.69, 9.17) is 0 Å². The Morgan fingerprint density at radius 3 is 0.933 bits per heavy atom. The molecular formula is C5F9I. The summed E-state index contributed by atoms with van der Waals surface area (Å²) in [5.41, 5.74) is -3.54. The van der Waals surface area contributed by atoms with E-state index in [-0.39, 0.29) is 22.6 Å². The van der Waals surface area contributed by atoms with E-state index in [1.54, 1.807) is 0 Å². The third kappa shape index (κ3) is 4.07. The maximum Gasteiger partial charge on any atom is 0.422 e. The van der Waals surface area contributed by atoms with Crippen LogP contribution in [0.5, 0.6) is 0 Å². The van der Waals surface area contributed by atoms with Crippen LogP contribution in [0.1, 0.15) is 0 Å². The quantitative estimate of drug-likeness (QED) is 0.446. The molecular weight excluding hydrogens is 358 g/mol. The second-order valence-corrected chi connectivity index (χ2v) is 3.26. The van der Waals surface area contributed by atoms with Crippen molar-refractivity contribution in [2.75, 3.05) is 0 Å². The molecule has 90 valence electrons. The minimum absolute atomic E-state index is 0.0246. The van der Waals surface area contributed by atoms with Gasteiger partial charge in [-0.05, 0) is 22.6 Å². The normalized spacial score (nSPS) is 14.0. The Labute approximate surface area is 90.3 Å². The molecule has 0 saturated heterocycles. The van der Waals surface area contributed by atoms with Crippen molar-refractivity contribution < 1.29 is 39.5 Å². The van der Waals surface area contributed by atoms with Crippen LogP contribution in [0.2, 0.25) is 0 Å². The predicted molar refractivity (Wildman–Crippen MR) is 39.2 cm³/mol. The summed E-state index contributed by atoms with van der Waals surface area (Å²) in [6.45, 7) is 0. The molecule has 0 spiro atoms. The van der Waals surface area contributed by atoms with Gasteiger partial charge in [0.1, 0.15) is 3.58 Å². The van der Waals surface area contributed by atoms with Gasteiger partial charge in [-0.1, -0.05) is 0 Å². The Morgan fingerprint density at radius 1 is 0.600 bits per heavy atom. The van der Waals surface area contributed by atoms with Crippen LogP contribution >= 0.6 is 22.6 Å². The Hall–Kier alpha value is -0.160. The van der Waals surface area contributed by atoms with Crippen molar-refractivity contribution >= 4 is 22.6 Å². The highest BCUT2D eigenvalue weighted by Crippen LogP contribution is 2.46. The summed E-state index contributed by atoms with van der Waals surface area (Å²) in [7, 11) is 0. The lowest BCUT2D eigenvalue weighted by Crippen LogP contribution is -2.30. The zero-order valence-corrected chi connectivity index (χ0v) is 8.44. The lowest BCUT2D eigenvalue weighted by atomic mass is 10.2. The van der Waals surface area contributed by atoms with Gasteiger partial charge in [0, 0.05) is 0 Å². The van der Waals surface area contributed by atoms with Gasteiger partial charge in [-0.15, -0.1) is 0 Å². The minimum atomic E-state index is -6.09. The van der Waals surface area contributed by atoms with Gasteiger partial charge in [0.15, 0.2) is 5.57 Å². The maximum absolute atomic E-state index is 11.7. The van der Waals surface area contributed by atoms with Gasteiger partial charge in [-0.25, -0.2) is 0 Å². The maximum atomic E-state index is 11.7. The van der Waals surface area contributed by atoms with Crippen LogP contribution in [0.15, 0.2) is 9.15 Å². The second-order valence-electron chi connectivity index (χ2n) is 2.18. The van der Waals surface area contributed by atoms with Crippen LogP contribution in [0, 0.1) is 0 Å². The third-order valence-electron chi connectivity index (χ3n) is 1.04. The van der Waals surface area contributed by atoms with Crippen LogP contribution in [-0.2, 0) is 0 Å². The molecule has 0 nitrogen and oxygen atoms in total. The van der Waals surface area contributed by atoms with Crippen LogP contribution < -0.4 is 0 Å². The van der Waals surface area contributed by atoms with Crippen molar-refractivity contribution in [3.05, 3.63) is 9.15 Å². The monoisotopic (exact) mass is 358 g/mol. The van der Waals surface area contributed by atoms with Crippen LogP contribution in [0.25, 0.3) is 0 Å². The van der Waals surface area contributed by atoms with Crippen molar-refractivity contribution in [2.24, 2.45) is 0 Å². The zero-order valence-electron chi connectivity index (χ0n) is 6.28. The van der Waals surface area contributed by atoms with E-state index in [2.05, 4.69) is 0 Å². The van der Waals surface area contributed by atoms with Gasteiger partial charge < -0.3 is 0 Å². The van der Waals surface area contributed by atoms with Crippen molar-refractivity contribution in [3.8, 4) is 0 Å². The lowest BCUT2D eigenvalue weighted by molar-refractivity contribution is -0.178. The van der Waals surface area contributed by atoms with Crippen molar-refractivity contribution in [1.82, 2.24) is 0 Å². The first kappa shape index (κ1) is 14.8. The highest BCUT2D eigenvalue weighted by Gasteiger charge is 2.56. The fourth-order valence-electron chi connectivity index (χ4n) is 0.551. The lowest BCUT2D eigenvalue weighted by Gasteiger charge is -2.18. The minimum Gasteiger partial charge on any atom is -0.166 e. The number of alkyl halides is 9. The fraction of sp³-hybridized carbons (Fsp3) is 0.600. The van der Waals surface area contributed by atoms with Gasteiger partial charge in [-0.2, -0.15) is 39.5 Å². The molecule has 0 rings (SSSR count). The average Bonchev–Trinajstić information content (AvgIpc) is 1.76. The largest absolute Gasteiger partial charge is 0.422 e. The fourth-order valence-corrected chi connectivity index (χ4v) is 1.16. The highest BCUT2D eigenvalue weighted by atomic mass is 127. The molecule has 0 saturated carbocycles. The first-order valence-electron chi connectivity index (χ1n) is 2.89. The Morgan fingerprint density at radius 2 is 0.867 bits per heavy atom. The van der Waals surface area contributed by atoms with Crippen LogP contribution in [0.4, 0.5) is 39.5 Å². The Kier molecular flexibility index (Phi) is 3.97. The van der Waals surface area contributed by atoms with E-state index in [0.29, 0.717) is 0 Å². The number of hydrogen-bond acceptors (Lipinski definition) is 0. The number of halogens is 10. The molecule has 0 aromatic carbocycles. The summed E-state index contributed by atoms with van der Waals surface area (Å²) < 4.78 is 103. The van der Waals surface area contributed by atoms with Gasteiger partial charge in [0.2, 0.25) is 0 Å². The first-order chi connectivity index (χ1) is 6.28. The summed E-state index contributed by atoms with van der Waals surface area (Å²) in [6.07, 6.45) is -17.9. The molecule has 0 N–H and O–H groups in total. The van der Waals surface area contributed by atoms with E-state index in [1.165, 1.54) is 0 Å². The van der Waals surface area contributed by atoms with E-state index < -0.39 is 27.7 Å². The van der Waals surface area contributed by atoms with E-state index >= 15 is 0 Å². The molecule has 0 aliphatic heterocycles. The van der Waals surface area contributed by atoms with Gasteiger partial charge in [0.25, 0.3) is 0 Å². The summed E-state index contributed by atoms with van der Waals surface area (Å²) in [5.74, 6) is 0. The number of hydrogen-bond donors (Lipinski definition) is 0. The number of rotatable bonds is 0. The predicted octanol–water partition coefficient (Wildman–Crippen LogP) is 4.36. The highest BCUT2D eigenvalue weighted by molar-refractivity contribution is 14.1. The Bertz CT molecular complexity index is 248. The summed E-state index contributed by atoms with van der Waals surface area (Å²) in [4.78, 5) is 0. The standard InChI is InChI=1S/C5F9I/c6-3(7,8)1(4(9,10)11)2(15)5(12,13)14. The molecule has 0 radical (unpaired) electrons. The SMILES string of the molecule is FC(F)(F)C(I)=C(C(F)(F)F)C(F)(F)F. The van der Waals surface area contributed by atoms with E-state index in [1.807, 2.05) is 0 Å². The molecule has 15 heavy (non-hydrogen) atoms. The third-order valence-corrected chi connectivity index (χ3v) is 2.19. The molecule has 0 heterocycles. The van der Waals surface area contributed by atoms with Crippen LogP contribution in [0.3, 0.4) is 0 Å². The van der Waals surface area contributed by atoms with Gasteiger partial charge >= 0.3 is 18.5 Å². The zero-order chi connectivity index (χ0) is 12.7. The molecule has 10 heteroatoms. The summed E-state index contributed by atoms with van der Waals surface area (Å²) >= 11 is -0.0246. The summed E-state index contributed by atoms with van der Waals surface area (Å²) in [5, 5.41) is 0. The Balaban J connectivity index is 5.71. The van der Waals surface area contributed by atoms with Crippen molar-refractivity contribution in [3.63, 3.8) is 0 Å². The first-order valence-corrected chi connectivity index (χ1v) is 3.97. The molecule has 0 aliphatic carbocycles. The summed E-state index contributed by atoms with van der Waals surface area (Å²) in [6, 6.07) is 0. The molecule has 0 aliphatic rings. The smallest absolute Gasteiger partial charge is 0.166 e. The second kappa shape index (κ2) is 4.01. The molecule has 0 bridgehead atoms. The van der Waals surface area contributed by atoms with Crippen LogP contribution in [-0.4, -0.2) is 18.5 Å².